The van der Waals surface area contributed by atoms with Crippen LogP contribution in [0.25, 0.3) is 0 Å². The number of aliphatic hydroxyl groups excluding tert-OH is 1. The van der Waals surface area contributed by atoms with Gasteiger partial charge in [-0.25, -0.2) is 4.98 Å². The molecule has 2 N–H and O–H groups in total. The van der Waals surface area contributed by atoms with E-state index in [2.05, 4.69) is 15.2 Å². The summed E-state index contributed by atoms with van der Waals surface area (Å²) < 4.78 is 37.9. The van der Waals surface area contributed by atoms with Crippen molar-refractivity contribution < 1.29 is 23.1 Å². The first-order chi connectivity index (χ1) is 13.8. The first-order valence-electron chi connectivity index (χ1n) is 9.27. The summed E-state index contributed by atoms with van der Waals surface area (Å²) in [4.78, 5) is 18.3. The smallest absolute Gasteiger partial charge is 0.393 e. The number of thioether (sulfide) groups is 1. The molecule has 2 aromatic rings. The van der Waals surface area contributed by atoms with Crippen LogP contribution < -0.4 is 5.32 Å². The summed E-state index contributed by atoms with van der Waals surface area (Å²) in [5.74, 6) is -0.596. The molecule has 0 radical (unpaired) electrons. The number of aliphatic hydroxyl groups is 1. The number of likely N-dealkylation sites (tertiary alicyclic amines) is 1. The van der Waals surface area contributed by atoms with Gasteiger partial charge in [0.05, 0.1) is 11.7 Å². The van der Waals surface area contributed by atoms with Crippen molar-refractivity contribution in [1.82, 2.24) is 15.2 Å². The molecule has 0 bridgehead atoms. The predicted molar refractivity (Wildman–Crippen MR) is 104 cm³/mol. The molecular formula is C20H22F3N3O2S. The van der Waals surface area contributed by atoms with Crippen molar-refractivity contribution in [1.29, 1.82) is 0 Å². The highest BCUT2D eigenvalue weighted by Gasteiger charge is 2.32. The van der Waals surface area contributed by atoms with Crippen LogP contribution in [0.1, 0.15) is 34.3 Å². The van der Waals surface area contributed by atoms with Gasteiger partial charge in [0.25, 0.3) is 5.91 Å². The monoisotopic (exact) mass is 425 g/mol. The van der Waals surface area contributed by atoms with Crippen molar-refractivity contribution >= 4 is 17.7 Å². The highest BCUT2D eigenvalue weighted by Crippen LogP contribution is 2.37. The summed E-state index contributed by atoms with van der Waals surface area (Å²) in [6.45, 7) is 2.73. The Hall–Kier alpha value is -2.10. The number of piperidine rings is 1. The SMILES string of the molecule is O=C(NCc1ccc(CN2CCC(O)CC2)cc1)c1cccnc1SC(F)(F)F. The maximum absolute atomic E-state index is 12.6. The Morgan fingerprint density at radius 3 is 2.48 bits per heavy atom. The van der Waals surface area contributed by atoms with Crippen LogP contribution in [0, 0.1) is 0 Å². The third-order valence-electron chi connectivity index (χ3n) is 4.67. The summed E-state index contributed by atoms with van der Waals surface area (Å²) in [5, 5.41) is 11.9. The highest BCUT2D eigenvalue weighted by atomic mass is 32.2. The molecule has 0 spiro atoms. The fourth-order valence-corrected chi connectivity index (χ4v) is 3.73. The van der Waals surface area contributed by atoms with E-state index in [-0.39, 0.29) is 23.2 Å². The summed E-state index contributed by atoms with van der Waals surface area (Å²) >= 11 is -0.396. The molecule has 29 heavy (non-hydrogen) atoms. The third kappa shape index (κ3) is 6.73. The van der Waals surface area contributed by atoms with E-state index >= 15 is 0 Å². The van der Waals surface area contributed by atoms with E-state index in [0.29, 0.717) is 0 Å². The van der Waals surface area contributed by atoms with Crippen LogP contribution in [0.4, 0.5) is 13.2 Å². The molecule has 0 saturated carbocycles. The van der Waals surface area contributed by atoms with Crippen molar-refractivity contribution in [2.45, 2.75) is 42.6 Å². The van der Waals surface area contributed by atoms with Gasteiger partial charge in [0.1, 0.15) is 5.03 Å². The normalized spacial score (nSPS) is 16.0. The Balaban J connectivity index is 1.54. The second-order valence-corrected chi connectivity index (χ2v) is 7.96. The molecule has 1 fully saturated rings. The molecule has 1 aliphatic rings. The molecule has 0 aliphatic carbocycles. The lowest BCUT2D eigenvalue weighted by atomic mass is 10.1. The highest BCUT2D eigenvalue weighted by molar-refractivity contribution is 8.00. The largest absolute Gasteiger partial charge is 0.447 e. The van der Waals surface area contributed by atoms with Crippen LogP contribution in [-0.4, -0.2) is 45.6 Å². The van der Waals surface area contributed by atoms with E-state index < -0.39 is 23.2 Å². The van der Waals surface area contributed by atoms with Gasteiger partial charge in [-0.2, -0.15) is 13.2 Å². The number of hydrogen-bond donors (Lipinski definition) is 2. The Labute approximate surface area is 171 Å². The number of rotatable bonds is 6. The molecule has 3 rings (SSSR count). The van der Waals surface area contributed by atoms with Crippen LogP contribution in [0.3, 0.4) is 0 Å². The van der Waals surface area contributed by atoms with Gasteiger partial charge in [0.15, 0.2) is 0 Å². The number of benzene rings is 1. The summed E-state index contributed by atoms with van der Waals surface area (Å²) in [6.07, 6.45) is 2.60. The zero-order valence-corrected chi connectivity index (χ0v) is 16.5. The van der Waals surface area contributed by atoms with E-state index in [1.165, 1.54) is 18.3 Å². The number of carbonyl (C=O) groups is 1. The Morgan fingerprint density at radius 2 is 1.83 bits per heavy atom. The number of nitrogens with one attached hydrogen (secondary N) is 1. The lowest BCUT2D eigenvalue weighted by molar-refractivity contribution is -0.0329. The predicted octanol–water partition coefficient (Wildman–Crippen LogP) is 3.58. The number of pyridine rings is 1. The number of alkyl halides is 3. The van der Waals surface area contributed by atoms with E-state index in [1.807, 2.05) is 24.3 Å². The number of carbonyl (C=O) groups excluding carboxylic acids is 1. The van der Waals surface area contributed by atoms with Crippen molar-refractivity contribution in [3.8, 4) is 0 Å². The maximum Gasteiger partial charge on any atom is 0.447 e. The minimum absolute atomic E-state index is 0.0984. The number of aromatic nitrogens is 1. The van der Waals surface area contributed by atoms with Gasteiger partial charge in [-0.15, -0.1) is 0 Å². The number of halogens is 3. The molecule has 9 heteroatoms. The fraction of sp³-hybridized carbons (Fsp3) is 0.400. The first kappa shape index (κ1) is 21.6. The van der Waals surface area contributed by atoms with Gasteiger partial charge in [-0.1, -0.05) is 24.3 Å². The molecule has 0 unspecified atom stereocenters. The molecule has 5 nitrogen and oxygen atoms in total. The minimum atomic E-state index is -4.51. The number of amides is 1. The van der Waals surface area contributed by atoms with Crippen LogP contribution in [0.2, 0.25) is 0 Å². The lowest BCUT2D eigenvalue weighted by Crippen LogP contribution is -2.35. The van der Waals surface area contributed by atoms with E-state index in [4.69, 9.17) is 0 Å². The topological polar surface area (TPSA) is 65.5 Å². The molecule has 1 aliphatic heterocycles. The number of hydrogen-bond acceptors (Lipinski definition) is 5. The quantitative estimate of drug-likeness (QED) is 0.693. The molecule has 1 aromatic heterocycles. The average Bonchev–Trinajstić information content (AvgIpc) is 2.68. The second-order valence-electron chi connectivity index (χ2n) is 6.91. The third-order valence-corrected chi connectivity index (χ3v) is 5.42. The Morgan fingerprint density at radius 1 is 1.17 bits per heavy atom. The number of nitrogens with zero attached hydrogens (tertiary/aromatic N) is 2. The van der Waals surface area contributed by atoms with Crippen molar-refractivity contribution in [2.24, 2.45) is 0 Å². The summed E-state index contributed by atoms with van der Waals surface area (Å²) in [5.41, 5.74) is -2.62. The Kier molecular flexibility index (Phi) is 7.15. The standard InChI is InChI=1S/C20H22F3N3O2S/c21-20(22,23)29-19-17(2-1-9-24-19)18(28)25-12-14-3-5-15(6-4-14)13-26-10-7-16(27)8-11-26/h1-6,9,16,27H,7-8,10-13H2,(H,25,28). The average molecular weight is 425 g/mol. The summed E-state index contributed by atoms with van der Waals surface area (Å²) in [6, 6.07) is 10.5. The van der Waals surface area contributed by atoms with E-state index in [0.717, 1.165) is 43.6 Å². The van der Waals surface area contributed by atoms with Crippen molar-refractivity contribution in [3.63, 3.8) is 0 Å². The molecule has 1 amide bonds. The molecule has 156 valence electrons. The van der Waals surface area contributed by atoms with Gasteiger partial charge in [-0.3, -0.25) is 9.69 Å². The van der Waals surface area contributed by atoms with Crippen LogP contribution >= 0.6 is 11.8 Å². The summed E-state index contributed by atoms with van der Waals surface area (Å²) in [7, 11) is 0. The first-order valence-corrected chi connectivity index (χ1v) is 10.1. The minimum Gasteiger partial charge on any atom is -0.393 e. The molecular weight excluding hydrogens is 403 g/mol. The zero-order chi connectivity index (χ0) is 20.9. The molecule has 1 saturated heterocycles. The van der Waals surface area contributed by atoms with Crippen molar-refractivity contribution in [3.05, 3.63) is 59.3 Å². The second kappa shape index (κ2) is 9.60. The fourth-order valence-electron chi connectivity index (χ4n) is 3.13. The lowest BCUT2D eigenvalue weighted by Gasteiger charge is -2.29. The van der Waals surface area contributed by atoms with E-state index in [1.54, 1.807) is 0 Å². The van der Waals surface area contributed by atoms with Gasteiger partial charge in [0.2, 0.25) is 0 Å². The Bertz CT molecular complexity index is 822. The van der Waals surface area contributed by atoms with Crippen LogP contribution in [0.15, 0.2) is 47.6 Å². The van der Waals surface area contributed by atoms with Gasteiger partial charge in [0, 0.05) is 44.1 Å². The molecule has 1 aromatic carbocycles. The van der Waals surface area contributed by atoms with Gasteiger partial charge in [-0.05, 0) is 36.1 Å². The van der Waals surface area contributed by atoms with Crippen molar-refractivity contribution in [2.75, 3.05) is 13.1 Å². The van der Waals surface area contributed by atoms with Gasteiger partial charge < -0.3 is 10.4 Å². The zero-order valence-electron chi connectivity index (χ0n) is 15.7. The maximum atomic E-state index is 12.6. The van der Waals surface area contributed by atoms with E-state index in [9.17, 15) is 23.1 Å². The molecule has 0 atom stereocenters. The van der Waals surface area contributed by atoms with Crippen LogP contribution in [0.5, 0.6) is 0 Å². The molecule has 2 heterocycles. The van der Waals surface area contributed by atoms with Crippen LogP contribution in [-0.2, 0) is 13.1 Å². The van der Waals surface area contributed by atoms with Gasteiger partial charge >= 0.3 is 5.51 Å².